The van der Waals surface area contributed by atoms with E-state index in [1.165, 1.54) is 0 Å². The number of rotatable bonds is 4. The molecule has 0 bridgehead atoms. The zero-order valence-electron chi connectivity index (χ0n) is 18.3. The Kier molecular flexibility index (Phi) is 5.51. The molecular formula is C26H26N2O3. The summed E-state index contributed by atoms with van der Waals surface area (Å²) in [5, 5.41) is 0. The van der Waals surface area contributed by atoms with Crippen LogP contribution in [0.1, 0.15) is 28.3 Å². The largest absolute Gasteiger partial charge is 0.497 e. The van der Waals surface area contributed by atoms with E-state index in [4.69, 9.17) is 4.74 Å². The maximum atomic E-state index is 13.9. The molecule has 0 radical (unpaired) electrons. The molecule has 1 heterocycles. The number of piperazine rings is 1. The van der Waals surface area contributed by atoms with Crippen LogP contribution in [0.3, 0.4) is 0 Å². The number of carbonyl (C=O) groups excluding carboxylic acids is 2. The van der Waals surface area contributed by atoms with Crippen LogP contribution in [0.15, 0.2) is 66.7 Å². The molecule has 5 nitrogen and oxygen atoms in total. The highest BCUT2D eigenvalue weighted by atomic mass is 16.5. The smallest absolute Gasteiger partial charge is 0.255 e. The van der Waals surface area contributed by atoms with E-state index in [0.717, 1.165) is 27.9 Å². The topological polar surface area (TPSA) is 49.9 Å². The Bertz CT molecular complexity index is 1100. The molecule has 1 atom stereocenters. The highest BCUT2D eigenvalue weighted by Gasteiger charge is 2.42. The molecule has 31 heavy (non-hydrogen) atoms. The first kappa shape index (κ1) is 20.7. The van der Waals surface area contributed by atoms with Crippen LogP contribution in [0.2, 0.25) is 0 Å². The molecule has 1 saturated heterocycles. The van der Waals surface area contributed by atoms with Crippen LogP contribution in [0, 0.1) is 20.8 Å². The molecular weight excluding hydrogens is 388 g/mol. The monoisotopic (exact) mass is 414 g/mol. The second-order valence-electron chi connectivity index (χ2n) is 7.94. The SMILES string of the molecule is COc1ccc(C2C(=O)N(c3c(C)cccc3C)CC(=O)N2c2ccc(C)cc2)cc1. The predicted octanol–water partition coefficient (Wildman–Crippen LogP) is 4.74. The molecule has 1 aliphatic rings. The van der Waals surface area contributed by atoms with Gasteiger partial charge in [0.05, 0.1) is 12.8 Å². The lowest BCUT2D eigenvalue weighted by Crippen LogP contribution is -2.56. The maximum Gasteiger partial charge on any atom is 0.255 e. The van der Waals surface area contributed by atoms with Crippen molar-refractivity contribution in [2.45, 2.75) is 26.8 Å². The molecule has 0 aliphatic carbocycles. The maximum absolute atomic E-state index is 13.9. The van der Waals surface area contributed by atoms with Crippen LogP contribution in [0.25, 0.3) is 0 Å². The first-order chi connectivity index (χ1) is 14.9. The quantitative estimate of drug-likeness (QED) is 0.620. The van der Waals surface area contributed by atoms with Crippen molar-refractivity contribution >= 4 is 23.2 Å². The van der Waals surface area contributed by atoms with Gasteiger partial charge < -0.3 is 9.64 Å². The molecule has 1 aliphatic heterocycles. The van der Waals surface area contributed by atoms with E-state index in [9.17, 15) is 9.59 Å². The van der Waals surface area contributed by atoms with E-state index >= 15 is 0 Å². The number of benzene rings is 3. The third kappa shape index (κ3) is 3.79. The first-order valence-electron chi connectivity index (χ1n) is 10.3. The number of ether oxygens (including phenoxy) is 1. The highest BCUT2D eigenvalue weighted by Crippen LogP contribution is 2.37. The van der Waals surface area contributed by atoms with Crippen molar-refractivity contribution < 1.29 is 14.3 Å². The van der Waals surface area contributed by atoms with Crippen molar-refractivity contribution in [1.82, 2.24) is 0 Å². The molecule has 0 saturated carbocycles. The number of methoxy groups -OCH3 is 1. The van der Waals surface area contributed by atoms with E-state index in [1.807, 2.05) is 87.5 Å². The van der Waals surface area contributed by atoms with Gasteiger partial charge in [0.2, 0.25) is 5.91 Å². The van der Waals surface area contributed by atoms with Crippen LogP contribution < -0.4 is 14.5 Å². The Hall–Kier alpha value is -3.60. The molecule has 3 aromatic rings. The van der Waals surface area contributed by atoms with Gasteiger partial charge in [-0.2, -0.15) is 0 Å². The second kappa shape index (κ2) is 8.26. The van der Waals surface area contributed by atoms with Gasteiger partial charge in [-0.05, 0) is 61.7 Å². The fourth-order valence-corrected chi connectivity index (χ4v) is 4.19. The number of anilines is 2. The van der Waals surface area contributed by atoms with Gasteiger partial charge in [-0.3, -0.25) is 14.5 Å². The fraction of sp³-hybridized carbons (Fsp3) is 0.231. The summed E-state index contributed by atoms with van der Waals surface area (Å²) in [6, 6.07) is 20.2. The standard InChI is InChI=1S/C26H26N2O3/c1-17-8-12-21(13-9-17)28-23(29)16-27(24-18(2)6-5-7-19(24)3)26(30)25(28)20-10-14-22(31-4)15-11-20/h5-15,25H,16H2,1-4H3. The molecule has 1 unspecified atom stereocenters. The van der Waals surface area contributed by atoms with Crippen LogP contribution in [-0.2, 0) is 9.59 Å². The summed E-state index contributed by atoms with van der Waals surface area (Å²) in [5.74, 6) is 0.460. The fourth-order valence-electron chi connectivity index (χ4n) is 4.19. The zero-order valence-corrected chi connectivity index (χ0v) is 18.3. The summed E-state index contributed by atoms with van der Waals surface area (Å²) in [7, 11) is 1.60. The lowest BCUT2D eigenvalue weighted by atomic mass is 9.97. The van der Waals surface area contributed by atoms with Crippen molar-refractivity contribution in [2.75, 3.05) is 23.5 Å². The number of amides is 2. The van der Waals surface area contributed by atoms with E-state index < -0.39 is 6.04 Å². The van der Waals surface area contributed by atoms with Gasteiger partial charge >= 0.3 is 0 Å². The predicted molar refractivity (Wildman–Crippen MR) is 123 cm³/mol. The molecule has 2 amide bonds. The minimum atomic E-state index is -0.756. The Balaban J connectivity index is 1.84. The lowest BCUT2D eigenvalue weighted by Gasteiger charge is -2.41. The average Bonchev–Trinajstić information content (AvgIpc) is 2.76. The van der Waals surface area contributed by atoms with Crippen LogP contribution in [-0.4, -0.2) is 25.5 Å². The molecule has 4 rings (SSSR count). The minimum Gasteiger partial charge on any atom is -0.497 e. The van der Waals surface area contributed by atoms with Crippen molar-refractivity contribution in [3.05, 3.63) is 89.0 Å². The van der Waals surface area contributed by atoms with Crippen molar-refractivity contribution in [2.24, 2.45) is 0 Å². The molecule has 5 heteroatoms. The Morgan fingerprint density at radius 1 is 0.839 bits per heavy atom. The second-order valence-corrected chi connectivity index (χ2v) is 7.94. The third-order valence-corrected chi connectivity index (χ3v) is 5.77. The molecule has 1 fully saturated rings. The van der Waals surface area contributed by atoms with E-state index in [2.05, 4.69) is 0 Å². The number of aryl methyl sites for hydroxylation is 3. The van der Waals surface area contributed by atoms with Gasteiger partial charge in [0, 0.05) is 5.69 Å². The van der Waals surface area contributed by atoms with Gasteiger partial charge in [0.25, 0.3) is 5.91 Å². The van der Waals surface area contributed by atoms with E-state index in [1.54, 1.807) is 16.9 Å². The van der Waals surface area contributed by atoms with Crippen LogP contribution >= 0.6 is 0 Å². The number of hydrogen-bond donors (Lipinski definition) is 0. The Labute approximate surface area is 182 Å². The molecule has 3 aromatic carbocycles. The van der Waals surface area contributed by atoms with Gasteiger partial charge in [-0.25, -0.2) is 0 Å². The summed E-state index contributed by atoms with van der Waals surface area (Å²) in [5.41, 5.74) is 5.30. The summed E-state index contributed by atoms with van der Waals surface area (Å²) < 4.78 is 5.28. The normalized spacial score (nSPS) is 16.6. The van der Waals surface area contributed by atoms with Gasteiger partial charge in [-0.1, -0.05) is 48.0 Å². The van der Waals surface area contributed by atoms with Crippen LogP contribution in [0.4, 0.5) is 11.4 Å². The summed E-state index contributed by atoms with van der Waals surface area (Å²) in [6.07, 6.45) is 0. The Morgan fingerprint density at radius 2 is 1.45 bits per heavy atom. The lowest BCUT2D eigenvalue weighted by molar-refractivity contribution is -0.128. The summed E-state index contributed by atoms with van der Waals surface area (Å²) in [6.45, 7) is 5.94. The number of nitrogens with zero attached hydrogens (tertiary/aromatic N) is 2. The first-order valence-corrected chi connectivity index (χ1v) is 10.3. The zero-order chi connectivity index (χ0) is 22.1. The summed E-state index contributed by atoms with van der Waals surface area (Å²) in [4.78, 5) is 30.6. The van der Waals surface area contributed by atoms with Gasteiger partial charge in [-0.15, -0.1) is 0 Å². The minimum absolute atomic E-state index is 0.00502. The van der Waals surface area contributed by atoms with Crippen molar-refractivity contribution in [1.29, 1.82) is 0 Å². The number of para-hydroxylation sites is 1. The molecule has 0 aromatic heterocycles. The Morgan fingerprint density at radius 3 is 2.03 bits per heavy atom. The highest BCUT2D eigenvalue weighted by molar-refractivity contribution is 6.15. The van der Waals surface area contributed by atoms with Gasteiger partial charge in [0.1, 0.15) is 18.3 Å². The van der Waals surface area contributed by atoms with Crippen molar-refractivity contribution in [3.8, 4) is 5.75 Å². The molecule has 0 N–H and O–H groups in total. The van der Waals surface area contributed by atoms with Crippen LogP contribution in [0.5, 0.6) is 5.75 Å². The summed E-state index contributed by atoms with van der Waals surface area (Å²) >= 11 is 0. The average molecular weight is 415 g/mol. The van der Waals surface area contributed by atoms with E-state index in [-0.39, 0.29) is 18.4 Å². The molecule has 158 valence electrons. The number of hydrogen-bond acceptors (Lipinski definition) is 3. The third-order valence-electron chi connectivity index (χ3n) is 5.77. The van der Waals surface area contributed by atoms with Crippen molar-refractivity contribution in [3.63, 3.8) is 0 Å². The number of carbonyl (C=O) groups is 2. The van der Waals surface area contributed by atoms with Gasteiger partial charge in [0.15, 0.2) is 0 Å². The van der Waals surface area contributed by atoms with E-state index in [0.29, 0.717) is 11.4 Å². The molecule has 0 spiro atoms.